The SMILES string of the molecule is CC1(C)O[C@@H](CCN[C@@H](CO)c2ccccc2)[C@@H](CO)O1. The second kappa shape index (κ2) is 7.33. The smallest absolute Gasteiger partial charge is 0.163 e. The van der Waals surface area contributed by atoms with Gasteiger partial charge in [-0.2, -0.15) is 0 Å². The summed E-state index contributed by atoms with van der Waals surface area (Å²) in [5.41, 5.74) is 1.06. The molecule has 3 N–H and O–H groups in total. The van der Waals surface area contributed by atoms with Gasteiger partial charge in [-0.15, -0.1) is 0 Å². The highest BCUT2D eigenvalue weighted by Crippen LogP contribution is 2.29. The van der Waals surface area contributed by atoms with Crippen molar-refractivity contribution in [1.29, 1.82) is 0 Å². The number of rotatable bonds is 7. The molecule has 0 radical (unpaired) electrons. The first-order valence-corrected chi connectivity index (χ1v) is 7.41. The molecule has 1 saturated heterocycles. The number of aliphatic hydroxyl groups excluding tert-OH is 2. The van der Waals surface area contributed by atoms with Gasteiger partial charge >= 0.3 is 0 Å². The normalized spacial score (nSPS) is 25.9. The first-order valence-electron chi connectivity index (χ1n) is 7.41. The van der Waals surface area contributed by atoms with Gasteiger partial charge in [-0.3, -0.25) is 0 Å². The number of benzene rings is 1. The molecule has 1 aliphatic rings. The van der Waals surface area contributed by atoms with Crippen molar-refractivity contribution in [2.45, 2.75) is 44.3 Å². The lowest BCUT2D eigenvalue weighted by Gasteiger charge is -2.20. The fourth-order valence-corrected chi connectivity index (χ4v) is 2.68. The van der Waals surface area contributed by atoms with Crippen molar-refractivity contribution in [3.63, 3.8) is 0 Å². The van der Waals surface area contributed by atoms with Gasteiger partial charge in [0.15, 0.2) is 5.79 Å². The maximum Gasteiger partial charge on any atom is 0.163 e. The van der Waals surface area contributed by atoms with Crippen molar-refractivity contribution >= 4 is 0 Å². The fraction of sp³-hybridized carbons (Fsp3) is 0.625. The Morgan fingerprint density at radius 1 is 1.14 bits per heavy atom. The van der Waals surface area contributed by atoms with Crippen molar-refractivity contribution in [3.8, 4) is 0 Å². The molecule has 5 heteroatoms. The van der Waals surface area contributed by atoms with E-state index in [0.717, 1.165) is 12.0 Å². The molecule has 0 amide bonds. The van der Waals surface area contributed by atoms with Crippen LogP contribution in [0.15, 0.2) is 30.3 Å². The summed E-state index contributed by atoms with van der Waals surface area (Å²) in [5, 5.41) is 22.1. The van der Waals surface area contributed by atoms with E-state index in [9.17, 15) is 10.2 Å². The molecule has 1 fully saturated rings. The van der Waals surface area contributed by atoms with Crippen LogP contribution in [-0.4, -0.2) is 48.0 Å². The summed E-state index contributed by atoms with van der Waals surface area (Å²) in [6.45, 7) is 4.38. The van der Waals surface area contributed by atoms with E-state index in [1.54, 1.807) is 0 Å². The fourth-order valence-electron chi connectivity index (χ4n) is 2.68. The Morgan fingerprint density at radius 3 is 2.43 bits per heavy atom. The summed E-state index contributed by atoms with van der Waals surface area (Å²) in [7, 11) is 0. The van der Waals surface area contributed by atoms with Gasteiger partial charge in [0, 0.05) is 0 Å². The van der Waals surface area contributed by atoms with E-state index in [2.05, 4.69) is 5.32 Å². The second-order valence-corrected chi connectivity index (χ2v) is 5.78. The monoisotopic (exact) mass is 295 g/mol. The first-order chi connectivity index (χ1) is 10.1. The molecule has 5 nitrogen and oxygen atoms in total. The van der Waals surface area contributed by atoms with E-state index in [-0.39, 0.29) is 31.5 Å². The van der Waals surface area contributed by atoms with Gasteiger partial charge in [0.1, 0.15) is 6.10 Å². The molecule has 0 unspecified atom stereocenters. The average molecular weight is 295 g/mol. The summed E-state index contributed by atoms with van der Waals surface area (Å²) in [6.07, 6.45) is 0.302. The zero-order valence-corrected chi connectivity index (χ0v) is 12.7. The van der Waals surface area contributed by atoms with E-state index in [1.165, 1.54) is 0 Å². The molecule has 0 bridgehead atoms. The summed E-state index contributed by atoms with van der Waals surface area (Å²) < 4.78 is 11.4. The Kier molecular flexibility index (Phi) is 5.72. The summed E-state index contributed by atoms with van der Waals surface area (Å²) in [4.78, 5) is 0. The molecule has 1 aliphatic heterocycles. The minimum Gasteiger partial charge on any atom is -0.394 e. The van der Waals surface area contributed by atoms with Crippen molar-refractivity contribution in [3.05, 3.63) is 35.9 Å². The van der Waals surface area contributed by atoms with Crippen LogP contribution in [0.4, 0.5) is 0 Å². The Hall–Kier alpha value is -0.980. The third-order valence-electron chi connectivity index (χ3n) is 3.67. The van der Waals surface area contributed by atoms with Crippen molar-refractivity contribution < 1.29 is 19.7 Å². The summed E-state index contributed by atoms with van der Waals surface area (Å²) in [6, 6.07) is 9.76. The van der Waals surface area contributed by atoms with Gasteiger partial charge in [-0.1, -0.05) is 30.3 Å². The van der Waals surface area contributed by atoms with Gasteiger partial charge < -0.3 is 25.0 Å². The number of ether oxygens (including phenoxy) is 2. The van der Waals surface area contributed by atoms with Crippen LogP contribution in [0, 0.1) is 0 Å². The van der Waals surface area contributed by atoms with Crippen LogP contribution in [0.3, 0.4) is 0 Å². The highest BCUT2D eigenvalue weighted by Gasteiger charge is 2.40. The molecule has 2 rings (SSSR count). The molecular formula is C16H25NO4. The van der Waals surface area contributed by atoms with Crippen LogP contribution >= 0.6 is 0 Å². The first kappa shape index (κ1) is 16.4. The van der Waals surface area contributed by atoms with Gasteiger partial charge in [0.25, 0.3) is 0 Å². The van der Waals surface area contributed by atoms with Crippen LogP contribution in [0.25, 0.3) is 0 Å². The average Bonchev–Trinajstić information content (AvgIpc) is 2.79. The molecule has 0 aromatic heterocycles. The second-order valence-electron chi connectivity index (χ2n) is 5.78. The number of hydrogen-bond donors (Lipinski definition) is 3. The highest BCUT2D eigenvalue weighted by atomic mass is 16.8. The van der Waals surface area contributed by atoms with E-state index < -0.39 is 5.79 Å². The lowest BCUT2D eigenvalue weighted by molar-refractivity contribution is -0.149. The maximum atomic E-state index is 9.49. The molecule has 0 aliphatic carbocycles. The standard InChI is InChI=1S/C16H25NO4/c1-16(2)20-14(15(11-19)21-16)8-9-17-13(10-18)12-6-4-3-5-7-12/h3-7,13-15,17-19H,8-11H2,1-2H3/t13-,14-,15+/m0/s1. The zero-order chi connectivity index (χ0) is 15.3. The van der Waals surface area contributed by atoms with Crippen LogP contribution in [0.5, 0.6) is 0 Å². The third-order valence-corrected chi connectivity index (χ3v) is 3.67. The Balaban J connectivity index is 1.83. The molecule has 1 heterocycles. The summed E-state index contributed by atoms with van der Waals surface area (Å²) in [5.74, 6) is -0.645. The molecule has 1 aromatic carbocycles. The maximum absolute atomic E-state index is 9.49. The van der Waals surface area contributed by atoms with Crippen LogP contribution in [-0.2, 0) is 9.47 Å². The Labute approximate surface area is 125 Å². The third kappa shape index (κ3) is 4.49. The van der Waals surface area contributed by atoms with E-state index in [1.807, 2.05) is 44.2 Å². The number of nitrogens with one attached hydrogen (secondary N) is 1. The van der Waals surface area contributed by atoms with Gasteiger partial charge in [-0.05, 0) is 32.4 Å². The zero-order valence-electron chi connectivity index (χ0n) is 12.7. The molecule has 0 spiro atoms. The lowest BCUT2D eigenvalue weighted by Crippen LogP contribution is -2.32. The van der Waals surface area contributed by atoms with Gasteiger partial charge in [0.05, 0.1) is 25.4 Å². The number of aliphatic hydroxyl groups is 2. The molecule has 21 heavy (non-hydrogen) atoms. The highest BCUT2D eigenvalue weighted by molar-refractivity contribution is 5.18. The minimum atomic E-state index is -0.645. The molecule has 1 aromatic rings. The van der Waals surface area contributed by atoms with Gasteiger partial charge in [0.2, 0.25) is 0 Å². The predicted octanol–water partition coefficient (Wildman–Crippen LogP) is 1.21. The molecule has 118 valence electrons. The topological polar surface area (TPSA) is 71.0 Å². The van der Waals surface area contributed by atoms with Crippen molar-refractivity contribution in [1.82, 2.24) is 5.32 Å². The van der Waals surface area contributed by atoms with Gasteiger partial charge in [-0.25, -0.2) is 0 Å². The predicted molar refractivity (Wildman–Crippen MR) is 79.8 cm³/mol. The van der Waals surface area contributed by atoms with E-state index in [4.69, 9.17) is 9.47 Å². The number of hydrogen-bond acceptors (Lipinski definition) is 5. The Bertz CT molecular complexity index is 424. The molecular weight excluding hydrogens is 270 g/mol. The van der Waals surface area contributed by atoms with Crippen LogP contribution in [0.1, 0.15) is 31.9 Å². The lowest BCUT2D eigenvalue weighted by atomic mass is 10.1. The Morgan fingerprint density at radius 2 is 1.81 bits per heavy atom. The van der Waals surface area contributed by atoms with Crippen LogP contribution in [0.2, 0.25) is 0 Å². The molecule has 0 saturated carbocycles. The van der Waals surface area contributed by atoms with Crippen molar-refractivity contribution in [2.24, 2.45) is 0 Å². The van der Waals surface area contributed by atoms with Crippen molar-refractivity contribution in [2.75, 3.05) is 19.8 Å². The largest absolute Gasteiger partial charge is 0.394 e. The van der Waals surface area contributed by atoms with Crippen LogP contribution < -0.4 is 5.32 Å². The van der Waals surface area contributed by atoms with E-state index >= 15 is 0 Å². The minimum absolute atomic E-state index is 0.0426. The quantitative estimate of drug-likeness (QED) is 0.705. The van der Waals surface area contributed by atoms with E-state index in [0.29, 0.717) is 6.54 Å². The summed E-state index contributed by atoms with van der Waals surface area (Å²) >= 11 is 0. The molecule has 3 atom stereocenters.